The van der Waals surface area contributed by atoms with Crippen molar-refractivity contribution in [1.82, 2.24) is 14.8 Å². The molecule has 0 radical (unpaired) electrons. The first-order valence-corrected chi connectivity index (χ1v) is 3.30. The molecule has 11 heavy (non-hydrogen) atoms. The molecule has 0 aliphatic rings. The van der Waals surface area contributed by atoms with Gasteiger partial charge in [-0.1, -0.05) is 11.3 Å². The summed E-state index contributed by atoms with van der Waals surface area (Å²) in [4.78, 5) is 0. The summed E-state index contributed by atoms with van der Waals surface area (Å²) in [5.41, 5.74) is 1.77. The van der Waals surface area contributed by atoms with E-state index in [0.717, 1.165) is 11.1 Å². The summed E-state index contributed by atoms with van der Waals surface area (Å²) in [6, 6.07) is 3.71. The summed E-state index contributed by atoms with van der Waals surface area (Å²) in [6.45, 7) is 0.0375. The van der Waals surface area contributed by atoms with E-state index in [1.54, 1.807) is 16.9 Å². The Kier molecular flexibility index (Phi) is 1.33. The normalized spacial score (nSPS) is 10.6. The number of aliphatic hydroxyl groups excluding tert-OH is 1. The predicted octanol–water partition coefficient (Wildman–Crippen LogP) is 0.222. The molecule has 56 valence electrons. The van der Waals surface area contributed by atoms with Crippen molar-refractivity contribution in [2.24, 2.45) is 0 Å². The van der Waals surface area contributed by atoms with Gasteiger partial charge in [0, 0.05) is 6.20 Å². The third kappa shape index (κ3) is 0.969. The minimum absolute atomic E-state index is 0.0375. The summed E-state index contributed by atoms with van der Waals surface area (Å²) in [5.74, 6) is 0. The Bertz CT molecular complexity index is 368. The van der Waals surface area contributed by atoms with Crippen molar-refractivity contribution < 1.29 is 5.11 Å². The molecule has 4 nitrogen and oxygen atoms in total. The van der Waals surface area contributed by atoms with Gasteiger partial charge < -0.3 is 5.11 Å². The monoisotopic (exact) mass is 149 g/mol. The molecule has 0 saturated carbocycles. The molecule has 0 aliphatic carbocycles. The number of aliphatic hydroxyl groups is 1. The van der Waals surface area contributed by atoms with Crippen LogP contribution in [0.15, 0.2) is 24.5 Å². The second-order valence-electron chi connectivity index (χ2n) is 2.30. The van der Waals surface area contributed by atoms with E-state index >= 15 is 0 Å². The molecule has 0 fully saturated rings. The maximum atomic E-state index is 8.77. The molecule has 0 atom stereocenters. The van der Waals surface area contributed by atoms with Gasteiger partial charge in [0.25, 0.3) is 0 Å². The second kappa shape index (κ2) is 2.32. The molecule has 2 heterocycles. The lowest BCUT2D eigenvalue weighted by atomic mass is 10.3. The van der Waals surface area contributed by atoms with Gasteiger partial charge in [-0.25, -0.2) is 4.52 Å². The van der Waals surface area contributed by atoms with Crippen molar-refractivity contribution >= 4 is 5.52 Å². The van der Waals surface area contributed by atoms with Gasteiger partial charge in [0.2, 0.25) is 0 Å². The third-order valence-corrected chi connectivity index (χ3v) is 1.54. The summed E-state index contributed by atoms with van der Waals surface area (Å²) >= 11 is 0. The summed E-state index contributed by atoms with van der Waals surface area (Å²) in [7, 11) is 0. The molecule has 0 aromatic carbocycles. The lowest BCUT2D eigenvalue weighted by Gasteiger charge is -1.94. The Morgan fingerprint density at radius 3 is 3.18 bits per heavy atom. The molecule has 4 heteroatoms. The van der Waals surface area contributed by atoms with Crippen LogP contribution in [0, 0.1) is 0 Å². The molecule has 0 bridgehead atoms. The van der Waals surface area contributed by atoms with E-state index in [9.17, 15) is 0 Å². The maximum Gasteiger partial charge on any atom is 0.0865 e. The van der Waals surface area contributed by atoms with Gasteiger partial charge in [-0.2, -0.15) is 0 Å². The largest absolute Gasteiger partial charge is 0.392 e. The number of pyridine rings is 1. The quantitative estimate of drug-likeness (QED) is 0.631. The van der Waals surface area contributed by atoms with E-state index in [0.29, 0.717) is 0 Å². The maximum absolute atomic E-state index is 8.77. The lowest BCUT2D eigenvalue weighted by molar-refractivity contribution is 0.281. The number of nitrogens with zero attached hydrogens (tertiary/aromatic N) is 3. The van der Waals surface area contributed by atoms with Crippen molar-refractivity contribution in [2.75, 3.05) is 0 Å². The first kappa shape index (κ1) is 6.30. The van der Waals surface area contributed by atoms with Crippen LogP contribution >= 0.6 is 0 Å². The molecule has 1 N–H and O–H groups in total. The van der Waals surface area contributed by atoms with Gasteiger partial charge in [0.15, 0.2) is 0 Å². The Hall–Kier alpha value is -1.42. The first-order valence-electron chi connectivity index (χ1n) is 3.30. The van der Waals surface area contributed by atoms with Crippen LogP contribution in [0.2, 0.25) is 0 Å². The Balaban J connectivity index is 2.67. The van der Waals surface area contributed by atoms with Gasteiger partial charge in [-0.05, 0) is 11.6 Å². The van der Waals surface area contributed by atoms with Crippen LogP contribution in [0.4, 0.5) is 0 Å². The molecule has 2 aromatic heterocycles. The van der Waals surface area contributed by atoms with Crippen LogP contribution < -0.4 is 0 Å². The minimum atomic E-state index is 0.0375. The highest BCUT2D eigenvalue weighted by molar-refractivity contribution is 5.43. The molecular formula is C7H7N3O. The molecular weight excluding hydrogens is 142 g/mol. The van der Waals surface area contributed by atoms with E-state index in [-0.39, 0.29) is 6.61 Å². The zero-order chi connectivity index (χ0) is 7.68. The smallest absolute Gasteiger partial charge is 0.0865 e. The van der Waals surface area contributed by atoms with E-state index in [4.69, 9.17) is 5.11 Å². The average Bonchev–Trinajstić information content (AvgIpc) is 2.50. The first-order chi connectivity index (χ1) is 5.40. The Labute approximate surface area is 63.1 Å². The van der Waals surface area contributed by atoms with E-state index < -0.39 is 0 Å². The fraction of sp³-hybridized carbons (Fsp3) is 0.143. The van der Waals surface area contributed by atoms with Gasteiger partial charge in [-0.3, -0.25) is 0 Å². The fourth-order valence-corrected chi connectivity index (χ4v) is 0.957. The predicted molar refractivity (Wildman–Crippen MR) is 38.9 cm³/mol. The van der Waals surface area contributed by atoms with E-state index in [1.807, 2.05) is 12.1 Å². The Morgan fingerprint density at radius 1 is 1.45 bits per heavy atom. The summed E-state index contributed by atoms with van der Waals surface area (Å²) in [5, 5.41) is 16.3. The molecule has 0 spiro atoms. The number of hydrogen-bond donors (Lipinski definition) is 1. The molecule has 0 saturated heterocycles. The lowest BCUT2D eigenvalue weighted by Crippen LogP contribution is -1.90. The van der Waals surface area contributed by atoms with Crippen LogP contribution in [-0.2, 0) is 6.61 Å². The molecule has 0 aliphatic heterocycles. The van der Waals surface area contributed by atoms with Gasteiger partial charge >= 0.3 is 0 Å². The van der Waals surface area contributed by atoms with Crippen LogP contribution in [-0.4, -0.2) is 19.9 Å². The molecule has 0 unspecified atom stereocenters. The average molecular weight is 149 g/mol. The third-order valence-electron chi connectivity index (χ3n) is 1.54. The zero-order valence-electron chi connectivity index (χ0n) is 5.81. The molecule has 2 rings (SSSR count). The number of aromatic nitrogens is 3. The SMILES string of the molecule is OCc1ccc2cnnn2c1. The van der Waals surface area contributed by atoms with Crippen LogP contribution in [0.3, 0.4) is 0 Å². The van der Waals surface area contributed by atoms with E-state index in [2.05, 4.69) is 10.3 Å². The highest BCUT2D eigenvalue weighted by Crippen LogP contribution is 2.02. The number of hydrogen-bond acceptors (Lipinski definition) is 3. The topological polar surface area (TPSA) is 50.4 Å². The van der Waals surface area contributed by atoms with Gasteiger partial charge in [0.1, 0.15) is 0 Å². The van der Waals surface area contributed by atoms with Crippen molar-refractivity contribution in [3.8, 4) is 0 Å². The van der Waals surface area contributed by atoms with E-state index in [1.165, 1.54) is 0 Å². The highest BCUT2D eigenvalue weighted by atomic mass is 16.3. The highest BCUT2D eigenvalue weighted by Gasteiger charge is 1.94. The summed E-state index contributed by atoms with van der Waals surface area (Å²) in [6.07, 6.45) is 3.42. The fourth-order valence-electron chi connectivity index (χ4n) is 0.957. The molecule has 0 amide bonds. The number of rotatable bonds is 1. The van der Waals surface area contributed by atoms with Crippen molar-refractivity contribution in [2.45, 2.75) is 6.61 Å². The van der Waals surface area contributed by atoms with Crippen LogP contribution in [0.1, 0.15) is 5.56 Å². The van der Waals surface area contributed by atoms with Gasteiger partial charge in [-0.15, -0.1) is 5.10 Å². The van der Waals surface area contributed by atoms with Gasteiger partial charge in [0.05, 0.1) is 18.3 Å². The summed E-state index contributed by atoms with van der Waals surface area (Å²) < 4.78 is 1.63. The van der Waals surface area contributed by atoms with Crippen LogP contribution in [0.25, 0.3) is 5.52 Å². The minimum Gasteiger partial charge on any atom is -0.392 e. The number of fused-ring (bicyclic) bond motifs is 1. The standard InChI is InChI=1S/C7H7N3O/c11-5-6-1-2-7-3-8-9-10(7)4-6/h1-4,11H,5H2. The van der Waals surface area contributed by atoms with Crippen molar-refractivity contribution in [3.63, 3.8) is 0 Å². The second-order valence-corrected chi connectivity index (χ2v) is 2.30. The molecule has 2 aromatic rings. The zero-order valence-corrected chi connectivity index (χ0v) is 5.81. The van der Waals surface area contributed by atoms with Crippen molar-refractivity contribution in [1.29, 1.82) is 0 Å². The van der Waals surface area contributed by atoms with Crippen molar-refractivity contribution in [3.05, 3.63) is 30.1 Å². The Morgan fingerprint density at radius 2 is 2.36 bits per heavy atom. The van der Waals surface area contributed by atoms with Crippen LogP contribution in [0.5, 0.6) is 0 Å².